The standard InChI is InChI=1S/C24H31NO4/c1-4-6-7-8-17-29-21-13-11-20(12-14-21)25-24(26)16-10-19-9-15-22(28-5-2)23(18-19)27-3/h9-16,18H,4-8,17H2,1-3H3,(H,25,26)/b16-10+. The molecule has 0 aromatic heterocycles. The Morgan fingerprint density at radius 1 is 0.966 bits per heavy atom. The van der Waals surface area contributed by atoms with Gasteiger partial charge in [-0.1, -0.05) is 32.3 Å². The largest absolute Gasteiger partial charge is 0.494 e. The molecule has 0 unspecified atom stereocenters. The molecule has 0 heterocycles. The topological polar surface area (TPSA) is 56.8 Å². The summed E-state index contributed by atoms with van der Waals surface area (Å²) in [6.45, 7) is 5.40. The van der Waals surface area contributed by atoms with Gasteiger partial charge in [0, 0.05) is 11.8 Å². The number of unbranched alkanes of at least 4 members (excludes halogenated alkanes) is 3. The van der Waals surface area contributed by atoms with Gasteiger partial charge in [-0.15, -0.1) is 0 Å². The first-order valence-electron chi connectivity index (χ1n) is 10.2. The van der Waals surface area contributed by atoms with E-state index in [-0.39, 0.29) is 5.91 Å². The number of nitrogens with one attached hydrogen (secondary N) is 1. The Bertz CT molecular complexity index is 784. The number of anilines is 1. The molecule has 156 valence electrons. The predicted molar refractivity (Wildman–Crippen MR) is 118 cm³/mol. The smallest absolute Gasteiger partial charge is 0.248 e. The number of methoxy groups -OCH3 is 1. The van der Waals surface area contributed by atoms with Gasteiger partial charge in [-0.3, -0.25) is 4.79 Å². The second-order valence-corrected chi connectivity index (χ2v) is 6.60. The number of hydrogen-bond donors (Lipinski definition) is 1. The summed E-state index contributed by atoms with van der Waals surface area (Å²) in [6.07, 6.45) is 7.94. The third-order valence-electron chi connectivity index (χ3n) is 4.30. The van der Waals surface area contributed by atoms with Gasteiger partial charge in [-0.25, -0.2) is 0 Å². The van der Waals surface area contributed by atoms with Crippen LogP contribution in [0, 0.1) is 0 Å². The molecule has 29 heavy (non-hydrogen) atoms. The van der Waals surface area contributed by atoms with Crippen molar-refractivity contribution in [2.75, 3.05) is 25.6 Å². The zero-order valence-corrected chi connectivity index (χ0v) is 17.6. The van der Waals surface area contributed by atoms with E-state index in [4.69, 9.17) is 14.2 Å². The predicted octanol–water partition coefficient (Wildman–Crippen LogP) is 5.70. The Balaban J connectivity index is 1.85. The van der Waals surface area contributed by atoms with E-state index in [1.807, 2.05) is 49.4 Å². The molecule has 1 amide bonds. The Labute approximate surface area is 173 Å². The lowest BCUT2D eigenvalue weighted by atomic mass is 10.2. The van der Waals surface area contributed by atoms with Crippen LogP contribution in [0.1, 0.15) is 45.1 Å². The Morgan fingerprint density at radius 2 is 1.76 bits per heavy atom. The van der Waals surface area contributed by atoms with E-state index >= 15 is 0 Å². The molecule has 0 aliphatic carbocycles. The summed E-state index contributed by atoms with van der Waals surface area (Å²) in [7, 11) is 1.59. The molecule has 0 saturated carbocycles. The second kappa shape index (κ2) is 12.5. The molecular formula is C24H31NO4. The molecule has 5 nitrogen and oxygen atoms in total. The van der Waals surface area contributed by atoms with Crippen molar-refractivity contribution < 1.29 is 19.0 Å². The lowest BCUT2D eigenvalue weighted by Gasteiger charge is -2.09. The van der Waals surface area contributed by atoms with Crippen molar-refractivity contribution in [2.45, 2.75) is 39.5 Å². The average molecular weight is 398 g/mol. The first-order valence-corrected chi connectivity index (χ1v) is 10.2. The van der Waals surface area contributed by atoms with Crippen molar-refractivity contribution in [3.63, 3.8) is 0 Å². The highest BCUT2D eigenvalue weighted by Gasteiger charge is 2.04. The minimum Gasteiger partial charge on any atom is -0.494 e. The van der Waals surface area contributed by atoms with E-state index in [0.717, 1.165) is 30.0 Å². The van der Waals surface area contributed by atoms with Gasteiger partial charge >= 0.3 is 0 Å². The quantitative estimate of drug-likeness (QED) is 0.368. The number of amides is 1. The first kappa shape index (κ1) is 22.3. The van der Waals surface area contributed by atoms with Gasteiger partial charge in [-0.2, -0.15) is 0 Å². The first-order chi connectivity index (χ1) is 14.2. The summed E-state index contributed by atoms with van der Waals surface area (Å²) in [5.41, 5.74) is 1.58. The van der Waals surface area contributed by atoms with Crippen LogP contribution < -0.4 is 19.5 Å². The second-order valence-electron chi connectivity index (χ2n) is 6.60. The van der Waals surface area contributed by atoms with Crippen LogP contribution in [0.3, 0.4) is 0 Å². The maximum atomic E-state index is 12.2. The lowest BCUT2D eigenvalue weighted by Crippen LogP contribution is -2.07. The number of rotatable bonds is 12. The third kappa shape index (κ3) is 7.90. The fraction of sp³-hybridized carbons (Fsp3) is 0.375. The molecule has 2 aromatic carbocycles. The maximum Gasteiger partial charge on any atom is 0.248 e. The Kier molecular flexibility index (Phi) is 9.63. The molecule has 0 atom stereocenters. The van der Waals surface area contributed by atoms with E-state index in [1.54, 1.807) is 13.2 Å². The molecule has 2 rings (SSSR count). The van der Waals surface area contributed by atoms with E-state index in [1.165, 1.54) is 25.3 Å². The van der Waals surface area contributed by atoms with E-state index < -0.39 is 0 Å². The summed E-state index contributed by atoms with van der Waals surface area (Å²) in [6, 6.07) is 13.0. The van der Waals surface area contributed by atoms with Crippen LogP contribution in [0.5, 0.6) is 17.2 Å². The number of carbonyl (C=O) groups is 1. The van der Waals surface area contributed by atoms with Crippen molar-refractivity contribution >= 4 is 17.7 Å². The fourth-order valence-electron chi connectivity index (χ4n) is 2.77. The van der Waals surface area contributed by atoms with Gasteiger partial charge < -0.3 is 19.5 Å². The van der Waals surface area contributed by atoms with Crippen molar-refractivity contribution in [3.8, 4) is 17.2 Å². The zero-order valence-electron chi connectivity index (χ0n) is 17.6. The molecular weight excluding hydrogens is 366 g/mol. The molecule has 0 radical (unpaired) electrons. The normalized spacial score (nSPS) is 10.7. The van der Waals surface area contributed by atoms with Gasteiger partial charge in [0.1, 0.15) is 5.75 Å². The number of hydrogen-bond acceptors (Lipinski definition) is 4. The van der Waals surface area contributed by atoms with Crippen LogP contribution >= 0.6 is 0 Å². The van der Waals surface area contributed by atoms with Gasteiger partial charge in [0.2, 0.25) is 5.91 Å². The Hall–Kier alpha value is -2.95. The molecule has 5 heteroatoms. The SMILES string of the molecule is CCCCCCOc1ccc(NC(=O)/C=C/c2ccc(OCC)c(OC)c2)cc1. The van der Waals surface area contributed by atoms with E-state index in [0.29, 0.717) is 18.1 Å². The van der Waals surface area contributed by atoms with Crippen LogP contribution in [-0.4, -0.2) is 26.2 Å². The molecule has 1 N–H and O–H groups in total. The highest BCUT2D eigenvalue weighted by molar-refractivity contribution is 6.01. The van der Waals surface area contributed by atoms with Gasteiger partial charge in [0.05, 0.1) is 20.3 Å². The molecule has 0 fully saturated rings. The highest BCUT2D eigenvalue weighted by atomic mass is 16.5. The highest BCUT2D eigenvalue weighted by Crippen LogP contribution is 2.28. The van der Waals surface area contributed by atoms with Crippen LogP contribution in [0.25, 0.3) is 6.08 Å². The molecule has 0 aliphatic heterocycles. The van der Waals surface area contributed by atoms with Crippen molar-refractivity contribution in [3.05, 3.63) is 54.1 Å². The van der Waals surface area contributed by atoms with E-state index in [2.05, 4.69) is 12.2 Å². The molecule has 0 spiro atoms. The average Bonchev–Trinajstić information content (AvgIpc) is 2.74. The van der Waals surface area contributed by atoms with Crippen molar-refractivity contribution in [1.29, 1.82) is 0 Å². The number of carbonyl (C=O) groups excluding carboxylic acids is 1. The lowest BCUT2D eigenvalue weighted by molar-refractivity contribution is -0.111. The molecule has 0 aliphatic rings. The maximum absolute atomic E-state index is 12.2. The summed E-state index contributed by atoms with van der Waals surface area (Å²) in [5, 5.41) is 2.85. The molecule has 2 aromatic rings. The summed E-state index contributed by atoms with van der Waals surface area (Å²) < 4.78 is 16.5. The summed E-state index contributed by atoms with van der Waals surface area (Å²) in [4.78, 5) is 12.2. The minimum atomic E-state index is -0.203. The fourth-order valence-corrected chi connectivity index (χ4v) is 2.77. The number of ether oxygens (including phenoxy) is 3. The van der Waals surface area contributed by atoms with E-state index in [9.17, 15) is 4.79 Å². The zero-order chi connectivity index (χ0) is 20.9. The van der Waals surface area contributed by atoms with Crippen LogP contribution in [0.2, 0.25) is 0 Å². The molecule has 0 bridgehead atoms. The molecule has 0 saturated heterocycles. The van der Waals surface area contributed by atoms with Gasteiger partial charge in [0.15, 0.2) is 11.5 Å². The summed E-state index contributed by atoms with van der Waals surface area (Å²) >= 11 is 0. The van der Waals surface area contributed by atoms with Crippen molar-refractivity contribution in [2.24, 2.45) is 0 Å². The summed E-state index contributed by atoms with van der Waals surface area (Å²) in [5.74, 6) is 1.94. The van der Waals surface area contributed by atoms with Crippen LogP contribution in [0.4, 0.5) is 5.69 Å². The third-order valence-corrected chi connectivity index (χ3v) is 4.30. The van der Waals surface area contributed by atoms with Gasteiger partial charge in [0.25, 0.3) is 0 Å². The van der Waals surface area contributed by atoms with Crippen LogP contribution in [0.15, 0.2) is 48.5 Å². The van der Waals surface area contributed by atoms with Crippen molar-refractivity contribution in [1.82, 2.24) is 0 Å². The minimum absolute atomic E-state index is 0.203. The Morgan fingerprint density at radius 3 is 2.45 bits per heavy atom. The number of benzene rings is 2. The van der Waals surface area contributed by atoms with Crippen LogP contribution in [-0.2, 0) is 4.79 Å². The monoisotopic (exact) mass is 397 g/mol. The van der Waals surface area contributed by atoms with Gasteiger partial charge in [-0.05, 0) is 61.4 Å².